The number of aliphatic hydroxyl groups is 1. The summed E-state index contributed by atoms with van der Waals surface area (Å²) in [6, 6.07) is 15.1. The van der Waals surface area contributed by atoms with E-state index in [1.54, 1.807) is 20.9 Å². The van der Waals surface area contributed by atoms with Crippen molar-refractivity contribution in [3.8, 4) is 0 Å². The molecule has 0 spiro atoms. The smallest absolute Gasteiger partial charge is 0.249 e. The number of rotatable bonds is 15. The Balaban J connectivity index is 1.61. The molecule has 3 unspecified atom stereocenters. The fourth-order valence-corrected chi connectivity index (χ4v) is 5.63. The molecule has 3 N–H and O–H groups in total. The Hall–Kier alpha value is -3.93. The molecule has 47 heavy (non-hydrogen) atoms. The van der Waals surface area contributed by atoms with Gasteiger partial charge in [-0.05, 0) is 53.4 Å². The monoisotopic (exact) mass is 652 g/mol. The zero-order valence-electron chi connectivity index (χ0n) is 27.6. The maximum absolute atomic E-state index is 14.4. The van der Waals surface area contributed by atoms with Gasteiger partial charge in [0.05, 0.1) is 6.61 Å². The largest absolute Gasteiger partial charge is 0.396 e. The summed E-state index contributed by atoms with van der Waals surface area (Å²) in [5, 5.41) is 17.8. The molecule has 1 fully saturated rings. The molecule has 3 aromatic rings. The molecule has 1 aliphatic rings. The maximum atomic E-state index is 14.4. The molecule has 0 aliphatic carbocycles. The number of fused-ring (bicyclic) bond motifs is 1. The van der Waals surface area contributed by atoms with Gasteiger partial charge in [-0.15, -0.1) is 0 Å². The summed E-state index contributed by atoms with van der Waals surface area (Å²) >= 11 is 0. The van der Waals surface area contributed by atoms with Crippen LogP contribution in [0.25, 0.3) is 10.8 Å². The van der Waals surface area contributed by atoms with Crippen LogP contribution in [-0.4, -0.2) is 97.8 Å². The minimum atomic E-state index is -1.13. The number of amides is 3. The summed E-state index contributed by atoms with van der Waals surface area (Å²) in [5.74, 6) is -3.51. The second kappa shape index (κ2) is 16.3. The normalized spacial score (nSPS) is 16.1. The molecule has 0 bridgehead atoms. The van der Waals surface area contributed by atoms with Crippen LogP contribution in [0.5, 0.6) is 0 Å². The molecule has 1 heterocycles. The predicted octanol–water partition coefficient (Wildman–Crippen LogP) is 3.46. The summed E-state index contributed by atoms with van der Waals surface area (Å²) in [5.41, 5.74) is 0.497. The minimum Gasteiger partial charge on any atom is -0.396 e. The van der Waals surface area contributed by atoms with Crippen molar-refractivity contribution in [1.82, 2.24) is 20.4 Å². The van der Waals surface area contributed by atoms with Crippen molar-refractivity contribution in [2.45, 2.75) is 57.7 Å². The first-order valence-corrected chi connectivity index (χ1v) is 16.0. The fraction of sp³-hybridized carbons (Fsp3) is 0.472. The van der Waals surface area contributed by atoms with E-state index in [0.717, 1.165) is 47.9 Å². The van der Waals surface area contributed by atoms with Crippen LogP contribution in [0, 0.1) is 17.0 Å². The number of carbonyl (C=O) groups is 3. The third kappa shape index (κ3) is 9.79. The number of nitrogens with one attached hydrogen (secondary N) is 2. The van der Waals surface area contributed by atoms with Gasteiger partial charge in [0.25, 0.3) is 0 Å². The fourth-order valence-electron chi connectivity index (χ4n) is 5.63. The third-order valence-corrected chi connectivity index (χ3v) is 8.80. The van der Waals surface area contributed by atoms with Gasteiger partial charge in [-0.2, -0.15) is 0 Å². The lowest BCUT2D eigenvalue weighted by atomic mass is 9.94. The lowest BCUT2D eigenvalue weighted by Gasteiger charge is -2.35. The molecule has 9 nitrogen and oxygen atoms in total. The van der Waals surface area contributed by atoms with Gasteiger partial charge in [0, 0.05) is 51.5 Å². The van der Waals surface area contributed by atoms with Crippen LogP contribution in [0.1, 0.15) is 37.8 Å². The number of benzene rings is 3. The molecular weight excluding hydrogens is 606 g/mol. The van der Waals surface area contributed by atoms with E-state index in [9.17, 15) is 28.3 Å². The van der Waals surface area contributed by atoms with E-state index in [-0.39, 0.29) is 44.5 Å². The van der Waals surface area contributed by atoms with Crippen LogP contribution in [0.3, 0.4) is 0 Å². The number of hydrogen-bond donors (Lipinski definition) is 3. The van der Waals surface area contributed by atoms with Crippen LogP contribution in [-0.2, 0) is 32.0 Å². The molecule has 1 saturated heterocycles. The lowest BCUT2D eigenvalue weighted by molar-refractivity contribution is -0.149. The summed E-state index contributed by atoms with van der Waals surface area (Å²) in [6.07, 6.45) is 2.07. The molecule has 11 heteroatoms. The Labute approximate surface area is 275 Å². The highest BCUT2D eigenvalue weighted by atomic mass is 19.2. The van der Waals surface area contributed by atoms with Gasteiger partial charge in [0.2, 0.25) is 17.7 Å². The van der Waals surface area contributed by atoms with Crippen molar-refractivity contribution < 1.29 is 33.0 Å². The van der Waals surface area contributed by atoms with Crippen molar-refractivity contribution in [3.63, 3.8) is 0 Å². The van der Waals surface area contributed by atoms with Crippen molar-refractivity contribution in [1.29, 1.82) is 0 Å². The Morgan fingerprint density at radius 1 is 0.957 bits per heavy atom. The Bertz CT molecular complexity index is 1540. The first-order chi connectivity index (χ1) is 22.4. The maximum Gasteiger partial charge on any atom is 0.249 e. The van der Waals surface area contributed by atoms with Gasteiger partial charge < -0.3 is 30.3 Å². The average molecular weight is 653 g/mol. The first kappa shape index (κ1) is 35.9. The molecular formula is C36H46F2N4O5. The van der Waals surface area contributed by atoms with E-state index < -0.39 is 40.9 Å². The third-order valence-electron chi connectivity index (χ3n) is 8.80. The van der Waals surface area contributed by atoms with Crippen molar-refractivity contribution in [2.24, 2.45) is 5.41 Å². The molecule has 3 aromatic carbocycles. The Morgan fingerprint density at radius 2 is 1.64 bits per heavy atom. The van der Waals surface area contributed by atoms with Gasteiger partial charge in [-0.1, -0.05) is 62.4 Å². The number of aliphatic hydroxyl groups excluding tert-OH is 1. The van der Waals surface area contributed by atoms with E-state index in [2.05, 4.69) is 10.6 Å². The molecule has 0 aromatic heterocycles. The average Bonchev–Trinajstić information content (AvgIpc) is 3.59. The Morgan fingerprint density at radius 3 is 2.32 bits per heavy atom. The number of carbonyl (C=O) groups excluding carboxylic acids is 3. The zero-order valence-corrected chi connectivity index (χ0v) is 27.6. The second-order valence-corrected chi connectivity index (χ2v) is 13.2. The van der Waals surface area contributed by atoms with Gasteiger partial charge >= 0.3 is 0 Å². The van der Waals surface area contributed by atoms with Gasteiger partial charge in [0.1, 0.15) is 18.7 Å². The molecule has 0 radical (unpaired) electrons. The van der Waals surface area contributed by atoms with E-state index in [0.29, 0.717) is 12.2 Å². The van der Waals surface area contributed by atoms with Crippen molar-refractivity contribution >= 4 is 28.5 Å². The van der Waals surface area contributed by atoms with Crippen LogP contribution in [0.2, 0.25) is 0 Å². The number of nitrogens with zero attached hydrogens (tertiary/aromatic N) is 2. The molecule has 0 saturated carbocycles. The number of likely N-dealkylation sites (N-methyl/N-ethyl adjacent to an activating group) is 2. The predicted molar refractivity (Wildman–Crippen MR) is 177 cm³/mol. The SMILES string of the molecule is CN(C(=O)COCC1CCCN1)C(Cc1ccc2ccccc2c1)C(=O)N(C)C(Cc1ccc(F)c(F)c1)C(=O)NCC(C)(C)CO. The van der Waals surface area contributed by atoms with E-state index in [1.165, 1.54) is 22.9 Å². The van der Waals surface area contributed by atoms with Crippen molar-refractivity contribution in [2.75, 3.05) is 47.0 Å². The second-order valence-electron chi connectivity index (χ2n) is 13.2. The highest BCUT2D eigenvalue weighted by Crippen LogP contribution is 2.21. The summed E-state index contributed by atoms with van der Waals surface area (Å²) < 4.78 is 33.6. The number of hydrogen-bond acceptors (Lipinski definition) is 6. The van der Waals surface area contributed by atoms with Gasteiger partial charge in [0.15, 0.2) is 11.6 Å². The minimum absolute atomic E-state index is 0.108. The molecule has 254 valence electrons. The van der Waals surface area contributed by atoms with Crippen LogP contribution in [0.4, 0.5) is 8.78 Å². The highest BCUT2D eigenvalue weighted by molar-refractivity contribution is 5.93. The number of ether oxygens (including phenoxy) is 1. The van der Waals surface area contributed by atoms with Crippen LogP contribution < -0.4 is 10.6 Å². The van der Waals surface area contributed by atoms with Crippen LogP contribution in [0.15, 0.2) is 60.7 Å². The van der Waals surface area contributed by atoms with E-state index >= 15 is 0 Å². The Kier molecular flexibility index (Phi) is 12.4. The summed E-state index contributed by atoms with van der Waals surface area (Å²) in [4.78, 5) is 44.1. The topological polar surface area (TPSA) is 111 Å². The molecule has 3 atom stereocenters. The molecule has 4 rings (SSSR count). The summed E-state index contributed by atoms with van der Waals surface area (Å²) in [6.45, 7) is 4.56. The van der Waals surface area contributed by atoms with Gasteiger partial charge in [-0.3, -0.25) is 14.4 Å². The zero-order chi connectivity index (χ0) is 34.1. The standard InChI is InChI=1S/C36H46F2N4O5/c1-36(2,23-43)22-40-34(45)31(18-25-12-14-29(37)30(38)17-25)42(4)35(46)32(19-24-11-13-26-8-5-6-9-27(26)16-24)41(3)33(44)21-47-20-28-10-7-15-39-28/h5-6,8-9,11-14,16-17,28,31-32,39,43H,7,10,15,18-23H2,1-4H3,(H,40,45). The highest BCUT2D eigenvalue weighted by Gasteiger charge is 2.36. The summed E-state index contributed by atoms with van der Waals surface area (Å²) in [7, 11) is 3.02. The van der Waals surface area contributed by atoms with Crippen molar-refractivity contribution in [3.05, 3.63) is 83.4 Å². The van der Waals surface area contributed by atoms with Gasteiger partial charge in [-0.25, -0.2) is 8.78 Å². The number of halogens is 2. The van der Waals surface area contributed by atoms with Crippen LogP contribution >= 0.6 is 0 Å². The first-order valence-electron chi connectivity index (χ1n) is 16.0. The molecule has 1 aliphatic heterocycles. The molecule has 3 amide bonds. The van der Waals surface area contributed by atoms with E-state index in [1.807, 2.05) is 42.5 Å². The quantitative estimate of drug-likeness (QED) is 0.232. The van der Waals surface area contributed by atoms with E-state index in [4.69, 9.17) is 4.74 Å². The lowest BCUT2D eigenvalue weighted by Crippen LogP contribution is -2.57.